The lowest BCUT2D eigenvalue weighted by Gasteiger charge is -2.11. The largest absolute Gasteiger partial charge is 0.497 e. The lowest BCUT2D eigenvalue weighted by molar-refractivity contribution is 0.0734. The highest BCUT2D eigenvalue weighted by atomic mass is 16.5. The maximum atomic E-state index is 12.4. The summed E-state index contributed by atoms with van der Waals surface area (Å²) in [5.74, 6) is 0.698. The lowest BCUT2D eigenvalue weighted by atomic mass is 10.0. The van der Waals surface area contributed by atoms with Gasteiger partial charge in [0.15, 0.2) is 0 Å². The Morgan fingerprint density at radius 1 is 0.893 bits per heavy atom. The van der Waals surface area contributed by atoms with Crippen LogP contribution in [0.25, 0.3) is 0 Å². The Morgan fingerprint density at radius 3 is 2.21 bits per heavy atom. The van der Waals surface area contributed by atoms with Gasteiger partial charge in [-0.3, -0.25) is 0 Å². The summed E-state index contributed by atoms with van der Waals surface area (Å²) in [4.78, 5) is 12.4. The predicted octanol–water partition coefficient (Wildman–Crippen LogP) is 6.42. The van der Waals surface area contributed by atoms with Crippen LogP contribution in [-0.2, 0) is 0 Å². The lowest BCUT2D eigenvalue weighted by Crippen LogP contribution is -2.11. The van der Waals surface area contributed by atoms with Gasteiger partial charge in [-0.05, 0) is 49.2 Å². The zero-order valence-corrected chi connectivity index (χ0v) is 17.0. The van der Waals surface area contributed by atoms with Crippen LogP contribution < -0.4 is 9.47 Å². The summed E-state index contributed by atoms with van der Waals surface area (Å²) >= 11 is 0. The molecule has 4 nitrogen and oxygen atoms in total. The number of esters is 1. The number of hydrogen-bond donors (Lipinski definition) is 1. The van der Waals surface area contributed by atoms with E-state index in [0.717, 1.165) is 12.8 Å². The van der Waals surface area contributed by atoms with Crippen LogP contribution in [-0.4, -0.2) is 18.8 Å². The molecule has 0 bridgehead atoms. The summed E-state index contributed by atoms with van der Waals surface area (Å²) in [7, 11) is 1.58. The van der Waals surface area contributed by atoms with E-state index in [2.05, 4.69) is 6.92 Å². The van der Waals surface area contributed by atoms with E-state index < -0.39 is 5.97 Å². The number of carbonyl (C=O) groups excluding carboxylic acids is 1. The van der Waals surface area contributed by atoms with E-state index in [-0.39, 0.29) is 0 Å². The number of unbranched alkanes of at least 4 members (excludes halogenated alkanes) is 6. The van der Waals surface area contributed by atoms with Gasteiger partial charge in [-0.15, -0.1) is 0 Å². The summed E-state index contributed by atoms with van der Waals surface area (Å²) in [6, 6.07) is 14.1. The molecule has 2 aromatic rings. The molecule has 0 radical (unpaired) electrons. The van der Waals surface area contributed by atoms with Crippen LogP contribution in [0.5, 0.6) is 11.5 Å². The van der Waals surface area contributed by atoms with Crippen molar-refractivity contribution in [1.29, 1.82) is 5.41 Å². The molecule has 0 fully saturated rings. The molecule has 0 saturated carbocycles. The van der Waals surface area contributed by atoms with Crippen molar-refractivity contribution >= 4 is 11.7 Å². The number of hydrogen-bond acceptors (Lipinski definition) is 4. The summed E-state index contributed by atoms with van der Waals surface area (Å²) in [6.45, 7) is 2.22. The molecule has 0 aliphatic rings. The normalized spacial score (nSPS) is 10.5. The smallest absolute Gasteiger partial charge is 0.343 e. The summed E-state index contributed by atoms with van der Waals surface area (Å²) in [5, 5.41) is 8.41. The third kappa shape index (κ3) is 6.84. The first kappa shape index (κ1) is 21.7. The highest BCUT2D eigenvalue weighted by molar-refractivity contribution is 6.02. The Balaban J connectivity index is 1.90. The third-order valence-corrected chi connectivity index (χ3v) is 4.77. The van der Waals surface area contributed by atoms with E-state index in [4.69, 9.17) is 14.9 Å². The number of para-hydroxylation sites is 1. The van der Waals surface area contributed by atoms with E-state index in [1.165, 1.54) is 32.1 Å². The third-order valence-electron chi connectivity index (χ3n) is 4.77. The molecule has 0 aliphatic carbocycles. The van der Waals surface area contributed by atoms with Crippen molar-refractivity contribution in [2.45, 2.75) is 58.3 Å². The van der Waals surface area contributed by atoms with Gasteiger partial charge in [0.1, 0.15) is 11.5 Å². The minimum absolute atomic E-state index is 0.432. The Morgan fingerprint density at radius 2 is 1.54 bits per heavy atom. The fraction of sp³-hybridized carbons (Fsp3) is 0.417. The fourth-order valence-corrected chi connectivity index (χ4v) is 3.08. The summed E-state index contributed by atoms with van der Waals surface area (Å²) in [6.07, 6.45) is 9.20. The average molecular weight is 382 g/mol. The van der Waals surface area contributed by atoms with Crippen LogP contribution in [0.4, 0.5) is 0 Å². The van der Waals surface area contributed by atoms with Crippen LogP contribution in [0.2, 0.25) is 0 Å². The van der Waals surface area contributed by atoms with Gasteiger partial charge in [0.2, 0.25) is 0 Å². The topological polar surface area (TPSA) is 59.4 Å². The Kier molecular flexibility index (Phi) is 9.26. The first-order valence-corrected chi connectivity index (χ1v) is 10.2. The van der Waals surface area contributed by atoms with Crippen molar-refractivity contribution < 1.29 is 14.3 Å². The van der Waals surface area contributed by atoms with Crippen molar-refractivity contribution in [2.24, 2.45) is 0 Å². The van der Waals surface area contributed by atoms with Crippen LogP contribution in [0.1, 0.15) is 74.2 Å². The monoisotopic (exact) mass is 381 g/mol. The quantitative estimate of drug-likeness (QED) is 0.200. The second-order valence-electron chi connectivity index (χ2n) is 6.96. The molecule has 2 rings (SSSR count). The minimum Gasteiger partial charge on any atom is -0.497 e. The van der Waals surface area contributed by atoms with Crippen LogP contribution >= 0.6 is 0 Å². The first-order chi connectivity index (χ1) is 13.7. The maximum absolute atomic E-state index is 12.4. The number of carbonyl (C=O) groups is 1. The van der Waals surface area contributed by atoms with Gasteiger partial charge in [-0.1, -0.05) is 57.6 Å². The fourth-order valence-electron chi connectivity index (χ4n) is 3.08. The predicted molar refractivity (Wildman–Crippen MR) is 114 cm³/mol. The van der Waals surface area contributed by atoms with Gasteiger partial charge >= 0.3 is 5.97 Å². The van der Waals surface area contributed by atoms with Gasteiger partial charge in [0.05, 0.1) is 12.7 Å². The van der Waals surface area contributed by atoms with Crippen molar-refractivity contribution in [2.75, 3.05) is 7.11 Å². The van der Waals surface area contributed by atoms with E-state index in [0.29, 0.717) is 34.8 Å². The minimum atomic E-state index is -0.432. The van der Waals surface area contributed by atoms with E-state index >= 15 is 0 Å². The molecule has 0 spiro atoms. The van der Waals surface area contributed by atoms with Crippen molar-refractivity contribution in [3.05, 3.63) is 59.7 Å². The van der Waals surface area contributed by atoms with Crippen molar-refractivity contribution in [3.8, 4) is 11.5 Å². The van der Waals surface area contributed by atoms with Gasteiger partial charge in [-0.25, -0.2) is 4.79 Å². The average Bonchev–Trinajstić information content (AvgIpc) is 2.73. The van der Waals surface area contributed by atoms with Crippen LogP contribution in [0, 0.1) is 5.41 Å². The summed E-state index contributed by atoms with van der Waals surface area (Å²) in [5.41, 5.74) is 1.66. The molecule has 0 amide bonds. The Labute approximate surface area is 168 Å². The molecule has 28 heavy (non-hydrogen) atoms. The van der Waals surface area contributed by atoms with E-state index in [1.807, 2.05) is 18.2 Å². The molecule has 0 heterocycles. The molecule has 2 aromatic carbocycles. The summed E-state index contributed by atoms with van der Waals surface area (Å²) < 4.78 is 10.7. The Bertz CT molecular complexity index is 753. The van der Waals surface area contributed by atoms with Crippen LogP contribution in [0.15, 0.2) is 48.5 Å². The maximum Gasteiger partial charge on any atom is 0.343 e. The number of benzene rings is 2. The van der Waals surface area contributed by atoms with Gasteiger partial charge in [0, 0.05) is 11.3 Å². The Hall–Kier alpha value is -2.62. The highest BCUT2D eigenvalue weighted by Gasteiger charge is 2.14. The van der Waals surface area contributed by atoms with Crippen LogP contribution in [0.3, 0.4) is 0 Å². The molecular formula is C24H31NO3. The zero-order chi connectivity index (χ0) is 20.2. The molecule has 150 valence electrons. The molecule has 1 N–H and O–H groups in total. The first-order valence-electron chi connectivity index (χ1n) is 10.2. The number of rotatable bonds is 12. The number of ether oxygens (including phenoxy) is 2. The van der Waals surface area contributed by atoms with E-state index in [1.54, 1.807) is 37.4 Å². The molecule has 0 saturated heterocycles. The molecule has 0 atom stereocenters. The highest BCUT2D eigenvalue weighted by Crippen LogP contribution is 2.23. The SMILES string of the molecule is CCCCCCCCCC(=N)c1ccccc1OC(=O)c1ccc(OC)cc1. The number of methoxy groups -OCH3 is 1. The molecule has 0 aromatic heterocycles. The van der Waals surface area contributed by atoms with E-state index in [9.17, 15) is 4.79 Å². The van der Waals surface area contributed by atoms with Gasteiger partial charge in [-0.2, -0.15) is 0 Å². The second kappa shape index (κ2) is 12.0. The molecule has 4 heteroatoms. The molecular weight excluding hydrogens is 350 g/mol. The zero-order valence-electron chi connectivity index (χ0n) is 17.0. The number of nitrogens with one attached hydrogen (secondary N) is 1. The second-order valence-corrected chi connectivity index (χ2v) is 6.96. The van der Waals surface area contributed by atoms with Crippen molar-refractivity contribution in [1.82, 2.24) is 0 Å². The molecule has 0 unspecified atom stereocenters. The van der Waals surface area contributed by atoms with Gasteiger partial charge in [0.25, 0.3) is 0 Å². The standard InChI is InChI=1S/C24H31NO3/c1-3-4-5-6-7-8-9-13-22(25)21-12-10-11-14-23(21)28-24(26)19-15-17-20(27-2)18-16-19/h10-12,14-18,25H,3-9,13H2,1-2H3. The van der Waals surface area contributed by atoms with Gasteiger partial charge < -0.3 is 14.9 Å². The van der Waals surface area contributed by atoms with Crippen molar-refractivity contribution in [3.63, 3.8) is 0 Å². The molecule has 0 aliphatic heterocycles.